The van der Waals surface area contributed by atoms with Crippen LogP contribution in [0.25, 0.3) is 0 Å². The van der Waals surface area contributed by atoms with Gasteiger partial charge in [0.15, 0.2) is 0 Å². The highest BCUT2D eigenvalue weighted by Gasteiger charge is 2.37. The van der Waals surface area contributed by atoms with Gasteiger partial charge >= 0.3 is 0 Å². The van der Waals surface area contributed by atoms with Gasteiger partial charge in [-0.15, -0.1) is 0 Å². The van der Waals surface area contributed by atoms with Crippen molar-refractivity contribution < 1.29 is 8.42 Å². The lowest BCUT2D eigenvalue weighted by molar-refractivity contribution is 0.564. The molecule has 6 heteroatoms. The van der Waals surface area contributed by atoms with Crippen molar-refractivity contribution in [1.29, 1.82) is 5.41 Å². The highest BCUT2D eigenvalue weighted by atomic mass is 32.2. The average Bonchev–Trinajstić information content (AvgIpc) is 2.84. The van der Waals surface area contributed by atoms with Crippen LogP contribution in [0, 0.1) is 5.41 Å². The van der Waals surface area contributed by atoms with Gasteiger partial charge in [-0.2, -0.15) is 0 Å². The predicted molar refractivity (Wildman–Crippen MR) is 55.7 cm³/mol. The van der Waals surface area contributed by atoms with Crippen molar-refractivity contribution in [3.8, 4) is 0 Å². The quantitative estimate of drug-likeness (QED) is 0.439. The lowest BCUT2D eigenvalue weighted by atomic mass is 10.2. The van der Waals surface area contributed by atoms with Crippen LogP contribution in [0.2, 0.25) is 0 Å². The molecule has 1 saturated carbocycles. The van der Waals surface area contributed by atoms with E-state index in [1.165, 1.54) is 0 Å². The normalized spacial score (nSPS) is 19.2. The third-order valence-electron chi connectivity index (χ3n) is 2.22. The van der Waals surface area contributed by atoms with Crippen LogP contribution in [0.3, 0.4) is 0 Å². The molecular weight excluding hydrogens is 202 g/mol. The van der Waals surface area contributed by atoms with E-state index < -0.39 is 16.1 Å². The third-order valence-corrected chi connectivity index (χ3v) is 4.18. The van der Waals surface area contributed by atoms with Gasteiger partial charge in [-0.3, -0.25) is 5.41 Å². The first-order valence-electron chi connectivity index (χ1n) is 4.82. The van der Waals surface area contributed by atoms with Gasteiger partial charge < -0.3 is 5.73 Å². The van der Waals surface area contributed by atoms with Crippen LogP contribution in [-0.2, 0) is 10.0 Å². The average molecular weight is 219 g/mol. The van der Waals surface area contributed by atoms with Gasteiger partial charge in [0, 0.05) is 0 Å². The van der Waals surface area contributed by atoms with Gasteiger partial charge in [-0.05, 0) is 19.3 Å². The lowest BCUT2D eigenvalue weighted by Gasteiger charge is -2.16. The van der Waals surface area contributed by atoms with Gasteiger partial charge in [-0.1, -0.05) is 13.3 Å². The van der Waals surface area contributed by atoms with E-state index >= 15 is 0 Å². The largest absolute Gasteiger partial charge is 0.386 e. The Morgan fingerprint density at radius 1 is 1.64 bits per heavy atom. The van der Waals surface area contributed by atoms with E-state index in [2.05, 4.69) is 4.72 Å². The van der Waals surface area contributed by atoms with Crippen LogP contribution >= 0.6 is 0 Å². The molecule has 0 aliphatic heterocycles. The smallest absolute Gasteiger partial charge is 0.215 e. The first kappa shape index (κ1) is 11.5. The van der Waals surface area contributed by atoms with Crippen molar-refractivity contribution in [2.75, 3.05) is 0 Å². The van der Waals surface area contributed by atoms with Crippen molar-refractivity contribution >= 4 is 15.9 Å². The second-order valence-corrected chi connectivity index (χ2v) is 5.65. The summed E-state index contributed by atoms with van der Waals surface area (Å²) < 4.78 is 25.5. The van der Waals surface area contributed by atoms with Gasteiger partial charge in [0.05, 0.1) is 11.3 Å². The molecule has 0 spiro atoms. The molecule has 82 valence electrons. The minimum atomic E-state index is -3.22. The van der Waals surface area contributed by atoms with E-state index in [0.717, 1.165) is 19.3 Å². The Bertz CT molecular complexity index is 309. The van der Waals surface area contributed by atoms with Crippen molar-refractivity contribution in [2.45, 2.75) is 43.9 Å². The summed E-state index contributed by atoms with van der Waals surface area (Å²) in [5.74, 6) is -0.101. The second kappa shape index (κ2) is 4.27. The second-order valence-electron chi connectivity index (χ2n) is 3.66. The SMILES string of the molecule is CCCC(NS(=O)(=O)C1CC1)C(=N)N. The zero-order valence-corrected chi connectivity index (χ0v) is 9.10. The minimum Gasteiger partial charge on any atom is -0.386 e. The Kier molecular flexibility index (Phi) is 3.49. The van der Waals surface area contributed by atoms with Crippen LogP contribution in [0.4, 0.5) is 0 Å². The van der Waals surface area contributed by atoms with Crippen LogP contribution < -0.4 is 10.5 Å². The number of hydrogen-bond acceptors (Lipinski definition) is 3. The topological polar surface area (TPSA) is 96.0 Å². The summed E-state index contributed by atoms with van der Waals surface area (Å²) in [7, 11) is -3.22. The van der Waals surface area contributed by atoms with E-state index in [1.807, 2.05) is 6.92 Å². The van der Waals surface area contributed by atoms with E-state index in [1.54, 1.807) is 0 Å². The molecule has 1 fully saturated rings. The summed E-state index contributed by atoms with van der Waals surface area (Å²) in [6.07, 6.45) is 2.84. The van der Waals surface area contributed by atoms with E-state index in [4.69, 9.17) is 11.1 Å². The summed E-state index contributed by atoms with van der Waals surface area (Å²) >= 11 is 0. The molecule has 0 radical (unpaired) electrons. The number of nitrogens with one attached hydrogen (secondary N) is 2. The Morgan fingerprint density at radius 3 is 2.57 bits per heavy atom. The molecule has 0 bridgehead atoms. The third kappa shape index (κ3) is 2.95. The predicted octanol–water partition coefficient (Wildman–Crippen LogP) is 0.173. The standard InChI is InChI=1S/C8H17N3O2S/c1-2-3-7(8(9)10)11-14(12,13)6-4-5-6/h6-7,11H,2-5H2,1H3,(H3,9,10). The van der Waals surface area contributed by atoms with Crippen molar-refractivity contribution in [3.05, 3.63) is 0 Å². The number of hydrogen-bond donors (Lipinski definition) is 3. The van der Waals surface area contributed by atoms with Crippen molar-refractivity contribution in [3.63, 3.8) is 0 Å². The van der Waals surface area contributed by atoms with E-state index in [9.17, 15) is 8.42 Å². The molecule has 0 saturated heterocycles. The highest BCUT2D eigenvalue weighted by Crippen LogP contribution is 2.27. The maximum absolute atomic E-state index is 11.5. The van der Waals surface area contributed by atoms with Gasteiger partial charge in [0.2, 0.25) is 10.0 Å². The van der Waals surface area contributed by atoms with Crippen LogP contribution in [0.5, 0.6) is 0 Å². The lowest BCUT2D eigenvalue weighted by Crippen LogP contribution is -2.45. The maximum Gasteiger partial charge on any atom is 0.215 e. The molecule has 5 nitrogen and oxygen atoms in total. The summed E-state index contributed by atoms with van der Waals surface area (Å²) in [5, 5.41) is 7.00. The summed E-state index contributed by atoms with van der Waals surface area (Å²) in [6, 6.07) is -0.523. The zero-order valence-electron chi connectivity index (χ0n) is 8.29. The monoisotopic (exact) mass is 219 g/mol. The summed E-state index contributed by atoms with van der Waals surface area (Å²) in [6.45, 7) is 1.93. The molecule has 0 aromatic heterocycles. The van der Waals surface area contributed by atoms with Gasteiger partial charge in [-0.25, -0.2) is 13.1 Å². The van der Waals surface area contributed by atoms with Crippen LogP contribution in [0.15, 0.2) is 0 Å². The van der Waals surface area contributed by atoms with Crippen molar-refractivity contribution in [2.24, 2.45) is 5.73 Å². The Hall–Kier alpha value is -0.620. The van der Waals surface area contributed by atoms with Gasteiger partial charge in [0.1, 0.15) is 5.84 Å². The fourth-order valence-electron chi connectivity index (χ4n) is 1.24. The summed E-state index contributed by atoms with van der Waals surface area (Å²) in [5.41, 5.74) is 5.31. The number of nitrogens with two attached hydrogens (primary N) is 1. The molecule has 1 aliphatic carbocycles. The number of sulfonamides is 1. The van der Waals surface area contributed by atoms with E-state index in [0.29, 0.717) is 6.42 Å². The van der Waals surface area contributed by atoms with E-state index in [-0.39, 0.29) is 11.1 Å². The van der Waals surface area contributed by atoms with Gasteiger partial charge in [0.25, 0.3) is 0 Å². The summed E-state index contributed by atoms with van der Waals surface area (Å²) in [4.78, 5) is 0. The molecule has 0 aromatic rings. The molecule has 1 aliphatic rings. The zero-order chi connectivity index (χ0) is 10.8. The van der Waals surface area contributed by atoms with Crippen LogP contribution in [0.1, 0.15) is 32.6 Å². The molecule has 1 unspecified atom stereocenters. The van der Waals surface area contributed by atoms with Crippen LogP contribution in [-0.4, -0.2) is 25.5 Å². The Labute approximate surface area is 84.6 Å². The molecule has 0 aromatic carbocycles. The molecule has 14 heavy (non-hydrogen) atoms. The molecule has 0 amide bonds. The number of rotatable bonds is 6. The minimum absolute atomic E-state index is 0.101. The fourth-order valence-corrected chi connectivity index (χ4v) is 2.83. The number of amidine groups is 1. The first-order valence-corrected chi connectivity index (χ1v) is 6.37. The molecule has 4 N–H and O–H groups in total. The Balaban J connectivity index is 2.58. The Morgan fingerprint density at radius 2 is 2.21 bits per heavy atom. The maximum atomic E-state index is 11.5. The van der Waals surface area contributed by atoms with Crippen molar-refractivity contribution in [1.82, 2.24) is 4.72 Å². The molecule has 1 atom stereocenters. The first-order chi connectivity index (χ1) is 6.47. The molecule has 1 rings (SSSR count). The molecule has 0 heterocycles. The fraction of sp³-hybridized carbons (Fsp3) is 0.875. The molecular formula is C8H17N3O2S. The highest BCUT2D eigenvalue weighted by molar-refractivity contribution is 7.90.